The van der Waals surface area contributed by atoms with Gasteiger partial charge in [0.25, 0.3) is 0 Å². The summed E-state index contributed by atoms with van der Waals surface area (Å²) in [4.78, 5) is 2.53. The molecule has 0 saturated carbocycles. The van der Waals surface area contributed by atoms with Crippen LogP contribution in [0.15, 0.2) is 291 Å². The van der Waals surface area contributed by atoms with E-state index in [1.807, 2.05) is 0 Å². The van der Waals surface area contributed by atoms with Gasteiger partial charge in [0, 0.05) is 27.6 Å². The Morgan fingerprint density at radius 2 is 0.722 bits per heavy atom. The van der Waals surface area contributed by atoms with Crippen LogP contribution in [0.3, 0.4) is 0 Å². The molecule has 1 aromatic heterocycles. The molecule has 0 aliphatic heterocycles. The molecule has 0 saturated heterocycles. The Morgan fingerprint density at radius 1 is 0.250 bits per heavy atom. The molecule has 0 spiro atoms. The number of fused-ring (bicyclic) bond motifs is 4. The summed E-state index contributed by atoms with van der Waals surface area (Å²) in [5.41, 5.74) is 20.6. The lowest BCUT2D eigenvalue weighted by Gasteiger charge is -2.30. The fourth-order valence-electron chi connectivity index (χ4n) is 10.8. The van der Waals surface area contributed by atoms with Crippen LogP contribution >= 0.6 is 0 Å². The van der Waals surface area contributed by atoms with Crippen molar-refractivity contribution in [3.8, 4) is 72.4 Å². The number of anilines is 3. The molecular weight excluding hydrogens is 869 g/mol. The van der Waals surface area contributed by atoms with E-state index < -0.39 is 0 Å². The fraction of sp³-hybridized carbons (Fsp3) is 0. The summed E-state index contributed by atoms with van der Waals surface area (Å²) < 4.78 is 2.48. The highest BCUT2D eigenvalue weighted by Gasteiger charge is 2.25. The Morgan fingerprint density at radius 3 is 1.42 bits per heavy atom. The quantitative estimate of drug-likeness (QED) is 0.133. The Labute approximate surface area is 420 Å². The van der Waals surface area contributed by atoms with Gasteiger partial charge in [-0.3, -0.25) is 0 Å². The van der Waals surface area contributed by atoms with Gasteiger partial charge in [0.05, 0.1) is 28.1 Å². The van der Waals surface area contributed by atoms with Crippen LogP contribution in [0.1, 0.15) is 0 Å². The lowest BCUT2D eigenvalue weighted by molar-refractivity contribution is 1.18. The van der Waals surface area contributed by atoms with E-state index in [9.17, 15) is 0 Å². The minimum absolute atomic E-state index is 1.06. The minimum atomic E-state index is 1.06. The van der Waals surface area contributed by atoms with Gasteiger partial charge >= 0.3 is 0 Å². The largest absolute Gasteiger partial charge is 0.309 e. The number of rotatable bonds is 10. The summed E-state index contributed by atoms with van der Waals surface area (Å²) in [6, 6.07) is 106. The zero-order valence-corrected chi connectivity index (χ0v) is 39.6. The van der Waals surface area contributed by atoms with Crippen molar-refractivity contribution in [1.29, 1.82) is 0 Å². The Balaban J connectivity index is 1.09. The second-order valence-corrected chi connectivity index (χ2v) is 18.4. The average molecular weight is 917 g/mol. The van der Waals surface area contributed by atoms with Crippen molar-refractivity contribution in [2.75, 3.05) is 4.90 Å². The average Bonchev–Trinajstić information content (AvgIpc) is 3.81. The van der Waals surface area contributed by atoms with Crippen molar-refractivity contribution in [1.82, 2.24) is 4.57 Å². The molecule has 2 heteroatoms. The lowest BCUT2D eigenvalue weighted by atomic mass is 9.92. The molecule has 13 aromatic rings. The van der Waals surface area contributed by atoms with Gasteiger partial charge in [-0.25, -0.2) is 0 Å². The third kappa shape index (κ3) is 7.73. The summed E-state index contributed by atoms with van der Waals surface area (Å²) in [5, 5.41) is 4.81. The predicted octanol–water partition coefficient (Wildman–Crippen LogP) is 19.4. The zero-order chi connectivity index (χ0) is 47.8. The summed E-state index contributed by atoms with van der Waals surface area (Å²) in [7, 11) is 0. The summed E-state index contributed by atoms with van der Waals surface area (Å²) in [5.74, 6) is 0. The SMILES string of the molecule is c1ccc(-c2ccc(-c3ccccc3-n3c4ccccc4c4c(N(c5cc(-c6ccccc6)cc(-c6ccccc6)c5)c5ccc(-c6cccc7ccccc67)cc5-c5ccccc5)cccc43)cc2)cc1. The molecule has 0 atom stereocenters. The molecule has 0 aliphatic carbocycles. The normalized spacial score (nSPS) is 11.3. The van der Waals surface area contributed by atoms with E-state index in [4.69, 9.17) is 0 Å². The number of hydrogen-bond acceptors (Lipinski definition) is 1. The van der Waals surface area contributed by atoms with Crippen LogP contribution in [0.25, 0.3) is 105 Å². The van der Waals surface area contributed by atoms with Crippen LogP contribution in [0.5, 0.6) is 0 Å². The summed E-state index contributed by atoms with van der Waals surface area (Å²) >= 11 is 0. The van der Waals surface area contributed by atoms with Crippen molar-refractivity contribution in [2.45, 2.75) is 0 Å². The van der Waals surface area contributed by atoms with Crippen LogP contribution in [-0.4, -0.2) is 4.57 Å². The van der Waals surface area contributed by atoms with Gasteiger partial charge in [0.15, 0.2) is 0 Å². The van der Waals surface area contributed by atoms with Crippen LogP contribution in [0, 0.1) is 0 Å². The molecule has 2 nitrogen and oxygen atoms in total. The molecule has 12 aromatic carbocycles. The number of para-hydroxylation sites is 2. The first-order valence-corrected chi connectivity index (χ1v) is 24.7. The van der Waals surface area contributed by atoms with Crippen molar-refractivity contribution < 1.29 is 0 Å². The van der Waals surface area contributed by atoms with Crippen molar-refractivity contribution >= 4 is 49.6 Å². The third-order valence-corrected chi connectivity index (χ3v) is 14.2. The van der Waals surface area contributed by atoms with Gasteiger partial charge in [0.1, 0.15) is 0 Å². The molecule has 0 fully saturated rings. The van der Waals surface area contributed by atoms with Crippen molar-refractivity contribution in [3.63, 3.8) is 0 Å². The number of aromatic nitrogens is 1. The van der Waals surface area contributed by atoms with E-state index in [0.29, 0.717) is 0 Å². The molecule has 72 heavy (non-hydrogen) atoms. The molecule has 0 radical (unpaired) electrons. The highest BCUT2D eigenvalue weighted by atomic mass is 15.2. The Kier molecular flexibility index (Phi) is 10.9. The molecule has 13 rings (SSSR count). The third-order valence-electron chi connectivity index (χ3n) is 14.2. The van der Waals surface area contributed by atoms with Crippen LogP contribution in [0.2, 0.25) is 0 Å². The monoisotopic (exact) mass is 916 g/mol. The van der Waals surface area contributed by atoms with E-state index in [2.05, 4.69) is 301 Å². The van der Waals surface area contributed by atoms with Crippen LogP contribution < -0.4 is 4.90 Å². The highest BCUT2D eigenvalue weighted by Crippen LogP contribution is 2.49. The van der Waals surface area contributed by atoms with Crippen LogP contribution in [-0.2, 0) is 0 Å². The first kappa shape index (κ1) is 42.6. The van der Waals surface area contributed by atoms with E-state index >= 15 is 0 Å². The number of nitrogens with zero attached hydrogens (tertiary/aromatic N) is 2. The molecule has 0 N–H and O–H groups in total. The molecule has 0 bridgehead atoms. The van der Waals surface area contributed by atoms with Gasteiger partial charge in [-0.05, 0) is 121 Å². The van der Waals surface area contributed by atoms with E-state index in [1.165, 1.54) is 54.9 Å². The van der Waals surface area contributed by atoms with Gasteiger partial charge in [-0.2, -0.15) is 0 Å². The summed E-state index contributed by atoms with van der Waals surface area (Å²) in [6.07, 6.45) is 0. The lowest BCUT2D eigenvalue weighted by Crippen LogP contribution is -2.12. The van der Waals surface area contributed by atoms with Crippen molar-refractivity contribution in [3.05, 3.63) is 291 Å². The molecular formula is C70H48N2. The highest BCUT2D eigenvalue weighted by molar-refractivity contribution is 6.17. The number of hydrogen-bond donors (Lipinski definition) is 0. The van der Waals surface area contributed by atoms with Crippen molar-refractivity contribution in [2.24, 2.45) is 0 Å². The van der Waals surface area contributed by atoms with Gasteiger partial charge in [-0.15, -0.1) is 0 Å². The maximum atomic E-state index is 2.53. The first-order valence-electron chi connectivity index (χ1n) is 24.7. The topological polar surface area (TPSA) is 8.17 Å². The molecule has 0 amide bonds. The second kappa shape index (κ2) is 18.4. The van der Waals surface area contributed by atoms with E-state index in [-0.39, 0.29) is 0 Å². The maximum Gasteiger partial charge on any atom is 0.0562 e. The Hall–Kier alpha value is -9.50. The molecule has 1 heterocycles. The van der Waals surface area contributed by atoms with Gasteiger partial charge in [0.2, 0.25) is 0 Å². The second-order valence-electron chi connectivity index (χ2n) is 18.4. The van der Waals surface area contributed by atoms with E-state index in [1.54, 1.807) is 0 Å². The molecule has 338 valence electrons. The van der Waals surface area contributed by atoms with Gasteiger partial charge < -0.3 is 9.47 Å². The van der Waals surface area contributed by atoms with Crippen LogP contribution in [0.4, 0.5) is 17.1 Å². The first-order chi connectivity index (χ1) is 35.7. The fourth-order valence-corrected chi connectivity index (χ4v) is 10.8. The molecule has 0 aliphatic rings. The molecule has 0 unspecified atom stereocenters. The smallest absolute Gasteiger partial charge is 0.0562 e. The maximum absolute atomic E-state index is 2.53. The number of benzene rings is 12. The summed E-state index contributed by atoms with van der Waals surface area (Å²) in [6.45, 7) is 0. The zero-order valence-electron chi connectivity index (χ0n) is 39.6. The van der Waals surface area contributed by atoms with Gasteiger partial charge in [-0.1, -0.05) is 237 Å². The van der Waals surface area contributed by atoms with E-state index in [0.717, 1.165) is 67.2 Å². The predicted molar refractivity (Wildman–Crippen MR) is 306 cm³/mol. The minimum Gasteiger partial charge on any atom is -0.309 e. The standard InChI is InChI=1S/C70H48N2/c1-5-21-49(22-6-1)52-39-41-55(42-40-52)62-32-15-17-35-65(62)72-66-36-18-16-33-63(66)70-68(37-20-38-69(70)72)71(59-46-57(50-23-7-2-8-24-50)45-58(47-59)51-25-9-3-10-26-51)67-44-43-56(48-64(67)54-27-11-4-12-28-54)61-34-19-30-53-29-13-14-31-60(53)61/h1-48H. The Bertz CT molecular complexity index is 4000.